The van der Waals surface area contributed by atoms with Crippen molar-refractivity contribution in [1.82, 2.24) is 4.98 Å². The van der Waals surface area contributed by atoms with E-state index in [2.05, 4.69) is 36.8 Å². The summed E-state index contributed by atoms with van der Waals surface area (Å²) in [6.07, 6.45) is 2.53. The van der Waals surface area contributed by atoms with Gasteiger partial charge in [-0.05, 0) is 61.7 Å². The Kier molecular flexibility index (Phi) is 5.36. The molecule has 0 saturated heterocycles. The van der Waals surface area contributed by atoms with E-state index in [4.69, 9.17) is 9.84 Å². The second-order valence-corrected chi connectivity index (χ2v) is 5.67. The van der Waals surface area contributed by atoms with Crippen molar-refractivity contribution in [1.29, 1.82) is 0 Å². The number of rotatable bonds is 5. The van der Waals surface area contributed by atoms with E-state index in [0.717, 1.165) is 32.4 Å². The summed E-state index contributed by atoms with van der Waals surface area (Å²) in [5.41, 5.74) is 1.83. The van der Waals surface area contributed by atoms with Crippen molar-refractivity contribution >= 4 is 31.9 Å². The van der Waals surface area contributed by atoms with Crippen LogP contribution in [-0.2, 0) is 13.0 Å². The molecule has 5 heteroatoms. The lowest BCUT2D eigenvalue weighted by atomic mass is 10.2. The molecule has 0 saturated carbocycles. The Balaban J connectivity index is 2.00. The standard InChI is InChI=1S/C14H13Br2NO2/c15-12-7-10(9-18)8-13(16)14(12)19-6-4-11-3-1-2-5-17-11/h1-3,5,7-8,18H,4,6,9H2. The summed E-state index contributed by atoms with van der Waals surface area (Å²) in [6, 6.07) is 9.53. The van der Waals surface area contributed by atoms with Gasteiger partial charge in [0.05, 0.1) is 22.2 Å². The molecule has 2 rings (SSSR count). The Bertz CT molecular complexity index is 523. The molecule has 1 N–H and O–H groups in total. The van der Waals surface area contributed by atoms with Gasteiger partial charge >= 0.3 is 0 Å². The van der Waals surface area contributed by atoms with Crippen molar-refractivity contribution in [2.75, 3.05) is 6.61 Å². The fourth-order valence-corrected chi connectivity index (χ4v) is 3.16. The van der Waals surface area contributed by atoms with E-state index >= 15 is 0 Å². The van der Waals surface area contributed by atoms with Crippen LogP contribution < -0.4 is 4.74 Å². The number of aliphatic hydroxyl groups is 1. The first-order chi connectivity index (χ1) is 9.20. The number of hydrogen-bond acceptors (Lipinski definition) is 3. The smallest absolute Gasteiger partial charge is 0.147 e. The lowest BCUT2D eigenvalue weighted by Crippen LogP contribution is -2.04. The summed E-state index contributed by atoms with van der Waals surface area (Å²) < 4.78 is 7.41. The molecule has 100 valence electrons. The Morgan fingerprint density at radius 3 is 2.47 bits per heavy atom. The third-order valence-corrected chi connectivity index (χ3v) is 3.75. The number of aliphatic hydroxyl groups excluding tert-OH is 1. The third-order valence-electron chi connectivity index (χ3n) is 2.57. The molecule has 0 unspecified atom stereocenters. The molecule has 1 heterocycles. The van der Waals surface area contributed by atoms with Crippen molar-refractivity contribution in [3.8, 4) is 5.75 Å². The van der Waals surface area contributed by atoms with Crippen LogP contribution in [0.5, 0.6) is 5.75 Å². The van der Waals surface area contributed by atoms with Crippen molar-refractivity contribution in [3.63, 3.8) is 0 Å². The maximum Gasteiger partial charge on any atom is 0.147 e. The van der Waals surface area contributed by atoms with Gasteiger partial charge in [-0.25, -0.2) is 0 Å². The summed E-state index contributed by atoms with van der Waals surface area (Å²) >= 11 is 6.89. The van der Waals surface area contributed by atoms with Crippen LogP contribution in [0.1, 0.15) is 11.3 Å². The molecule has 0 amide bonds. The topological polar surface area (TPSA) is 42.4 Å². The quantitative estimate of drug-likeness (QED) is 0.851. The molecule has 3 nitrogen and oxygen atoms in total. The van der Waals surface area contributed by atoms with Gasteiger partial charge in [-0.15, -0.1) is 0 Å². The lowest BCUT2D eigenvalue weighted by molar-refractivity contribution is 0.280. The minimum Gasteiger partial charge on any atom is -0.491 e. The van der Waals surface area contributed by atoms with Crippen LogP contribution in [0, 0.1) is 0 Å². The Hall–Kier alpha value is -0.910. The highest BCUT2D eigenvalue weighted by Crippen LogP contribution is 2.34. The highest BCUT2D eigenvalue weighted by Gasteiger charge is 2.08. The zero-order valence-corrected chi connectivity index (χ0v) is 13.3. The Morgan fingerprint density at radius 1 is 1.16 bits per heavy atom. The molecule has 2 aromatic rings. The number of nitrogens with zero attached hydrogens (tertiary/aromatic N) is 1. The second kappa shape index (κ2) is 7.03. The molecule has 0 spiro atoms. The van der Waals surface area contributed by atoms with Gasteiger partial charge in [0.2, 0.25) is 0 Å². The number of ether oxygens (including phenoxy) is 1. The first-order valence-electron chi connectivity index (χ1n) is 5.82. The molecule has 0 aliphatic carbocycles. The molecule has 1 aromatic carbocycles. The number of hydrogen-bond donors (Lipinski definition) is 1. The van der Waals surface area contributed by atoms with Gasteiger partial charge in [-0.3, -0.25) is 4.98 Å². The number of aromatic nitrogens is 1. The Morgan fingerprint density at radius 2 is 1.89 bits per heavy atom. The average Bonchev–Trinajstić information content (AvgIpc) is 2.42. The molecule has 0 fully saturated rings. The van der Waals surface area contributed by atoms with Crippen molar-refractivity contribution in [3.05, 3.63) is 56.7 Å². The first-order valence-corrected chi connectivity index (χ1v) is 7.41. The van der Waals surface area contributed by atoms with E-state index in [0.29, 0.717) is 6.61 Å². The normalized spacial score (nSPS) is 10.5. The highest BCUT2D eigenvalue weighted by atomic mass is 79.9. The summed E-state index contributed by atoms with van der Waals surface area (Å²) in [4.78, 5) is 4.25. The van der Waals surface area contributed by atoms with Crippen molar-refractivity contribution < 1.29 is 9.84 Å². The molecule has 0 atom stereocenters. The Labute approximate surface area is 128 Å². The van der Waals surface area contributed by atoms with E-state index in [1.807, 2.05) is 30.3 Å². The first kappa shape index (κ1) is 14.5. The lowest BCUT2D eigenvalue weighted by Gasteiger charge is -2.11. The molecule has 0 radical (unpaired) electrons. The monoisotopic (exact) mass is 385 g/mol. The van der Waals surface area contributed by atoms with E-state index < -0.39 is 0 Å². The SMILES string of the molecule is OCc1cc(Br)c(OCCc2ccccn2)c(Br)c1. The van der Waals surface area contributed by atoms with E-state index in [-0.39, 0.29) is 6.61 Å². The predicted molar refractivity (Wildman–Crippen MR) is 81.2 cm³/mol. The van der Waals surface area contributed by atoms with Gasteiger partial charge in [0.1, 0.15) is 5.75 Å². The maximum absolute atomic E-state index is 9.11. The van der Waals surface area contributed by atoms with E-state index in [1.54, 1.807) is 6.20 Å². The van der Waals surface area contributed by atoms with Gasteiger partial charge in [-0.2, -0.15) is 0 Å². The maximum atomic E-state index is 9.11. The van der Waals surface area contributed by atoms with Crippen LogP contribution in [0.15, 0.2) is 45.5 Å². The molecule has 19 heavy (non-hydrogen) atoms. The molecule has 0 aliphatic rings. The summed E-state index contributed by atoms with van der Waals surface area (Å²) in [5.74, 6) is 0.744. The van der Waals surface area contributed by atoms with Crippen LogP contribution >= 0.6 is 31.9 Å². The van der Waals surface area contributed by atoms with E-state index in [9.17, 15) is 0 Å². The number of halogens is 2. The van der Waals surface area contributed by atoms with Crippen LogP contribution in [0.3, 0.4) is 0 Å². The summed E-state index contributed by atoms with van der Waals surface area (Å²) in [6.45, 7) is 0.554. The van der Waals surface area contributed by atoms with Crippen LogP contribution in [0.2, 0.25) is 0 Å². The van der Waals surface area contributed by atoms with E-state index in [1.165, 1.54) is 0 Å². The van der Waals surface area contributed by atoms with Gasteiger partial charge in [0.25, 0.3) is 0 Å². The van der Waals surface area contributed by atoms with Gasteiger partial charge < -0.3 is 9.84 Å². The molecule has 0 aliphatic heterocycles. The largest absolute Gasteiger partial charge is 0.491 e. The number of pyridine rings is 1. The average molecular weight is 387 g/mol. The zero-order chi connectivity index (χ0) is 13.7. The highest BCUT2D eigenvalue weighted by molar-refractivity contribution is 9.11. The van der Waals surface area contributed by atoms with Crippen molar-refractivity contribution in [2.45, 2.75) is 13.0 Å². The van der Waals surface area contributed by atoms with Gasteiger partial charge in [0, 0.05) is 18.3 Å². The van der Waals surface area contributed by atoms with Crippen LogP contribution in [-0.4, -0.2) is 16.7 Å². The minimum atomic E-state index is 0.00537. The molecular formula is C14H13Br2NO2. The zero-order valence-electron chi connectivity index (χ0n) is 10.1. The van der Waals surface area contributed by atoms with Crippen LogP contribution in [0.25, 0.3) is 0 Å². The summed E-state index contributed by atoms with van der Waals surface area (Å²) in [7, 11) is 0. The minimum absolute atomic E-state index is 0.00537. The molecule has 1 aromatic heterocycles. The molecule has 0 bridgehead atoms. The fourth-order valence-electron chi connectivity index (χ4n) is 1.65. The van der Waals surface area contributed by atoms with Crippen LogP contribution in [0.4, 0.5) is 0 Å². The van der Waals surface area contributed by atoms with Gasteiger partial charge in [0.15, 0.2) is 0 Å². The molecular weight excluding hydrogens is 374 g/mol. The van der Waals surface area contributed by atoms with Crippen molar-refractivity contribution in [2.24, 2.45) is 0 Å². The second-order valence-electron chi connectivity index (χ2n) is 3.97. The van der Waals surface area contributed by atoms with Gasteiger partial charge in [-0.1, -0.05) is 6.07 Å². The predicted octanol–water partition coefficient (Wildman–Crippen LogP) is 3.72. The fraction of sp³-hybridized carbons (Fsp3) is 0.214. The third kappa shape index (κ3) is 4.03. The number of benzene rings is 1. The summed E-state index contributed by atoms with van der Waals surface area (Å²) in [5, 5.41) is 9.11.